The standard InChI is InChI=1S/C26H28N4O2/c1-18-10-12-20(13-11-18)16-29-23(14-15-27-26(29)32)24-28-22-9-5-8-21(22)25(31)30(24)17-19-6-3-2-4-7-19/h2-4,6-7,10-13,23H,5,8-9,14-17H2,1H3,(H,27,32). The Hall–Kier alpha value is -3.41. The molecule has 1 saturated heterocycles. The van der Waals surface area contributed by atoms with Gasteiger partial charge in [0.05, 0.1) is 18.3 Å². The summed E-state index contributed by atoms with van der Waals surface area (Å²) in [6, 6.07) is 17.9. The largest absolute Gasteiger partial charge is 0.338 e. The Morgan fingerprint density at radius 1 is 0.969 bits per heavy atom. The number of hydrogen-bond acceptors (Lipinski definition) is 3. The highest BCUT2D eigenvalue weighted by Gasteiger charge is 2.34. The van der Waals surface area contributed by atoms with Crippen molar-refractivity contribution in [3.05, 3.63) is 98.7 Å². The number of nitrogens with one attached hydrogen (secondary N) is 1. The van der Waals surface area contributed by atoms with Crippen molar-refractivity contribution >= 4 is 6.03 Å². The second kappa shape index (κ2) is 8.61. The van der Waals surface area contributed by atoms with Gasteiger partial charge in [0, 0.05) is 18.7 Å². The van der Waals surface area contributed by atoms with Gasteiger partial charge in [-0.25, -0.2) is 9.78 Å². The number of hydrogen-bond donors (Lipinski definition) is 1. The number of carbonyl (C=O) groups is 1. The van der Waals surface area contributed by atoms with Crippen LogP contribution in [0, 0.1) is 6.92 Å². The number of aryl methyl sites for hydroxylation is 2. The fraction of sp³-hybridized carbons (Fsp3) is 0.346. The maximum Gasteiger partial charge on any atom is 0.318 e. The SMILES string of the molecule is Cc1ccc(CN2C(=O)NCCC2c2nc3c(c(=O)n2Cc2ccccc2)CCC3)cc1. The second-order valence-electron chi connectivity index (χ2n) is 8.78. The van der Waals surface area contributed by atoms with Gasteiger partial charge in [-0.05, 0) is 43.7 Å². The van der Waals surface area contributed by atoms with E-state index < -0.39 is 0 Å². The van der Waals surface area contributed by atoms with E-state index in [-0.39, 0.29) is 17.6 Å². The highest BCUT2D eigenvalue weighted by molar-refractivity contribution is 5.75. The lowest BCUT2D eigenvalue weighted by Gasteiger charge is -2.36. The monoisotopic (exact) mass is 428 g/mol. The number of aromatic nitrogens is 2. The molecule has 1 fully saturated rings. The summed E-state index contributed by atoms with van der Waals surface area (Å²) >= 11 is 0. The van der Waals surface area contributed by atoms with Gasteiger partial charge in [0.2, 0.25) is 0 Å². The summed E-state index contributed by atoms with van der Waals surface area (Å²) in [6.45, 7) is 3.57. The maximum absolute atomic E-state index is 13.5. The fourth-order valence-corrected chi connectivity index (χ4v) is 4.78. The zero-order valence-corrected chi connectivity index (χ0v) is 18.4. The van der Waals surface area contributed by atoms with Crippen molar-refractivity contribution in [2.24, 2.45) is 0 Å². The molecule has 6 nitrogen and oxygen atoms in total. The van der Waals surface area contributed by atoms with Gasteiger partial charge in [0.15, 0.2) is 0 Å². The Balaban J connectivity index is 1.57. The van der Waals surface area contributed by atoms with Crippen molar-refractivity contribution in [1.82, 2.24) is 19.8 Å². The van der Waals surface area contributed by atoms with Crippen molar-refractivity contribution < 1.29 is 4.79 Å². The van der Waals surface area contributed by atoms with Crippen LogP contribution in [0.25, 0.3) is 0 Å². The minimum Gasteiger partial charge on any atom is -0.338 e. The van der Waals surface area contributed by atoms with Crippen LogP contribution in [-0.4, -0.2) is 27.0 Å². The number of benzene rings is 2. The first-order valence-electron chi connectivity index (χ1n) is 11.4. The minimum atomic E-state index is -0.243. The van der Waals surface area contributed by atoms with E-state index in [0.717, 1.165) is 48.1 Å². The van der Waals surface area contributed by atoms with E-state index in [0.29, 0.717) is 25.5 Å². The predicted molar refractivity (Wildman–Crippen MR) is 124 cm³/mol. The molecule has 1 aliphatic carbocycles. The molecular weight excluding hydrogens is 400 g/mol. The molecule has 1 aromatic heterocycles. The molecule has 0 bridgehead atoms. The van der Waals surface area contributed by atoms with Crippen LogP contribution < -0.4 is 10.9 Å². The van der Waals surface area contributed by atoms with E-state index in [1.807, 2.05) is 39.8 Å². The van der Waals surface area contributed by atoms with Crippen LogP contribution in [0.3, 0.4) is 0 Å². The van der Waals surface area contributed by atoms with Gasteiger partial charge >= 0.3 is 6.03 Å². The predicted octanol–water partition coefficient (Wildman–Crippen LogP) is 3.75. The van der Waals surface area contributed by atoms with Gasteiger partial charge in [0.25, 0.3) is 5.56 Å². The smallest absolute Gasteiger partial charge is 0.318 e. The molecule has 2 aromatic carbocycles. The molecule has 5 rings (SSSR count). The molecule has 2 heterocycles. The van der Waals surface area contributed by atoms with Gasteiger partial charge in [-0.1, -0.05) is 60.2 Å². The van der Waals surface area contributed by atoms with E-state index in [4.69, 9.17) is 4.98 Å². The zero-order chi connectivity index (χ0) is 22.1. The number of rotatable bonds is 5. The summed E-state index contributed by atoms with van der Waals surface area (Å²) in [5.41, 5.74) is 5.11. The first kappa shape index (κ1) is 20.5. The van der Waals surface area contributed by atoms with Crippen LogP contribution in [0.5, 0.6) is 0 Å². The van der Waals surface area contributed by atoms with Gasteiger partial charge in [0.1, 0.15) is 5.82 Å². The summed E-state index contributed by atoms with van der Waals surface area (Å²) in [6.07, 6.45) is 3.30. The van der Waals surface area contributed by atoms with Crippen LogP contribution in [-0.2, 0) is 25.9 Å². The molecule has 3 aromatic rings. The van der Waals surface area contributed by atoms with Crippen LogP contribution >= 0.6 is 0 Å². The zero-order valence-electron chi connectivity index (χ0n) is 18.4. The number of urea groups is 1. The summed E-state index contributed by atoms with van der Waals surface area (Å²) in [7, 11) is 0. The Labute approximate surface area is 187 Å². The lowest BCUT2D eigenvalue weighted by Crippen LogP contribution is -2.49. The molecule has 1 aliphatic heterocycles. The van der Waals surface area contributed by atoms with Crippen LogP contribution in [0.4, 0.5) is 4.79 Å². The van der Waals surface area contributed by atoms with E-state index in [2.05, 4.69) is 36.5 Å². The normalized spacial score (nSPS) is 17.8. The van der Waals surface area contributed by atoms with Crippen LogP contribution in [0.2, 0.25) is 0 Å². The molecule has 1 unspecified atom stereocenters. The molecule has 32 heavy (non-hydrogen) atoms. The summed E-state index contributed by atoms with van der Waals surface area (Å²) in [5.74, 6) is 0.710. The third-order valence-corrected chi connectivity index (χ3v) is 6.50. The van der Waals surface area contributed by atoms with Crippen LogP contribution in [0.1, 0.15) is 52.7 Å². The molecule has 6 heteroatoms. The van der Waals surface area contributed by atoms with E-state index in [9.17, 15) is 9.59 Å². The minimum absolute atomic E-state index is 0.0487. The summed E-state index contributed by atoms with van der Waals surface area (Å²) in [5, 5.41) is 2.97. The van der Waals surface area contributed by atoms with E-state index in [1.165, 1.54) is 5.56 Å². The number of carbonyl (C=O) groups excluding carboxylic acids is 1. The highest BCUT2D eigenvalue weighted by Crippen LogP contribution is 2.29. The van der Waals surface area contributed by atoms with Crippen molar-refractivity contribution in [2.45, 2.75) is 51.7 Å². The molecule has 164 valence electrons. The topological polar surface area (TPSA) is 67.2 Å². The quantitative estimate of drug-likeness (QED) is 0.673. The highest BCUT2D eigenvalue weighted by atomic mass is 16.2. The third-order valence-electron chi connectivity index (χ3n) is 6.50. The molecule has 0 radical (unpaired) electrons. The summed E-state index contributed by atoms with van der Waals surface area (Å²) < 4.78 is 1.81. The average Bonchev–Trinajstić information content (AvgIpc) is 3.28. The fourth-order valence-electron chi connectivity index (χ4n) is 4.78. The maximum atomic E-state index is 13.5. The lowest BCUT2D eigenvalue weighted by atomic mass is 10.1. The first-order chi connectivity index (χ1) is 15.6. The number of fused-ring (bicyclic) bond motifs is 1. The molecule has 2 aliphatic rings. The first-order valence-corrected chi connectivity index (χ1v) is 11.4. The van der Waals surface area contributed by atoms with Gasteiger partial charge in [-0.3, -0.25) is 9.36 Å². The molecular formula is C26H28N4O2. The van der Waals surface area contributed by atoms with Crippen molar-refractivity contribution in [3.63, 3.8) is 0 Å². The van der Waals surface area contributed by atoms with E-state index in [1.54, 1.807) is 0 Å². The van der Waals surface area contributed by atoms with Gasteiger partial charge in [-0.2, -0.15) is 0 Å². The van der Waals surface area contributed by atoms with Gasteiger partial charge < -0.3 is 10.2 Å². The Bertz CT molecular complexity index is 1180. The van der Waals surface area contributed by atoms with Crippen molar-refractivity contribution in [3.8, 4) is 0 Å². The Kier molecular flexibility index (Phi) is 5.52. The second-order valence-corrected chi connectivity index (χ2v) is 8.78. The number of nitrogens with zero attached hydrogens (tertiary/aromatic N) is 3. The molecule has 0 spiro atoms. The van der Waals surface area contributed by atoms with E-state index >= 15 is 0 Å². The van der Waals surface area contributed by atoms with Crippen molar-refractivity contribution in [2.75, 3.05) is 6.54 Å². The molecule has 2 amide bonds. The Morgan fingerprint density at radius 3 is 2.50 bits per heavy atom. The van der Waals surface area contributed by atoms with Crippen molar-refractivity contribution in [1.29, 1.82) is 0 Å². The van der Waals surface area contributed by atoms with Crippen LogP contribution in [0.15, 0.2) is 59.4 Å². The Morgan fingerprint density at radius 2 is 1.72 bits per heavy atom. The lowest BCUT2D eigenvalue weighted by molar-refractivity contribution is 0.143. The molecule has 1 N–H and O–H groups in total. The average molecular weight is 429 g/mol. The molecule has 1 atom stereocenters. The van der Waals surface area contributed by atoms with Gasteiger partial charge in [-0.15, -0.1) is 0 Å². The third kappa shape index (κ3) is 3.93. The number of amides is 2. The summed E-state index contributed by atoms with van der Waals surface area (Å²) in [4.78, 5) is 33.3. The molecule has 0 saturated carbocycles.